The molecule has 0 unspecified atom stereocenters. The molecule has 5 rings (SSSR count). The zero-order valence-corrected chi connectivity index (χ0v) is 18.3. The fourth-order valence-corrected chi connectivity index (χ4v) is 3.70. The van der Waals surface area contributed by atoms with E-state index in [1.54, 1.807) is 35.2 Å². The standard InChI is InChI=1S/C26H20N6O2/c1-31-26(34)22-15-9-8-14-21(22)24(29-31)25(33)28-27-16-19-17-32(20-12-6-3-7-13-20)30-23(19)18-10-4-2-5-11-18/h2-17H,1H3,(H,28,33)/b27-16+. The fourth-order valence-electron chi connectivity index (χ4n) is 3.70. The van der Waals surface area contributed by atoms with E-state index < -0.39 is 5.91 Å². The Morgan fingerprint density at radius 2 is 1.53 bits per heavy atom. The van der Waals surface area contributed by atoms with Crippen molar-refractivity contribution in [2.24, 2.45) is 12.1 Å². The summed E-state index contributed by atoms with van der Waals surface area (Å²) in [6, 6.07) is 26.4. The SMILES string of the molecule is Cn1nc(C(=O)N/N=C/c2cn(-c3ccccc3)nc2-c2ccccc2)c2ccccc2c1=O. The van der Waals surface area contributed by atoms with Crippen LogP contribution < -0.4 is 11.0 Å². The summed E-state index contributed by atoms with van der Waals surface area (Å²) in [6.45, 7) is 0. The summed E-state index contributed by atoms with van der Waals surface area (Å²) in [5.41, 5.74) is 5.68. The number of aryl methyl sites for hydroxylation is 1. The Morgan fingerprint density at radius 1 is 0.882 bits per heavy atom. The number of carbonyl (C=O) groups excluding carboxylic acids is 1. The van der Waals surface area contributed by atoms with Crippen molar-refractivity contribution in [3.8, 4) is 16.9 Å². The zero-order valence-electron chi connectivity index (χ0n) is 18.3. The second-order valence-corrected chi connectivity index (χ2v) is 7.60. The number of amides is 1. The van der Waals surface area contributed by atoms with Crippen molar-refractivity contribution < 1.29 is 4.79 Å². The van der Waals surface area contributed by atoms with Gasteiger partial charge in [0.25, 0.3) is 11.5 Å². The highest BCUT2D eigenvalue weighted by atomic mass is 16.2. The second kappa shape index (κ2) is 8.95. The van der Waals surface area contributed by atoms with Gasteiger partial charge in [0.2, 0.25) is 0 Å². The van der Waals surface area contributed by atoms with Crippen LogP contribution in [0.15, 0.2) is 101 Å². The van der Waals surface area contributed by atoms with Gasteiger partial charge >= 0.3 is 0 Å². The lowest BCUT2D eigenvalue weighted by molar-refractivity contribution is 0.0950. The molecule has 166 valence electrons. The maximum Gasteiger partial charge on any atom is 0.292 e. The molecule has 3 aromatic carbocycles. The monoisotopic (exact) mass is 448 g/mol. The summed E-state index contributed by atoms with van der Waals surface area (Å²) in [5.74, 6) is -0.514. The van der Waals surface area contributed by atoms with Crippen molar-refractivity contribution in [2.75, 3.05) is 0 Å². The van der Waals surface area contributed by atoms with Crippen molar-refractivity contribution in [2.45, 2.75) is 0 Å². The van der Waals surface area contributed by atoms with Gasteiger partial charge in [-0.25, -0.2) is 14.8 Å². The lowest BCUT2D eigenvalue weighted by Crippen LogP contribution is -2.27. The number of nitrogens with one attached hydrogen (secondary N) is 1. The first-order valence-corrected chi connectivity index (χ1v) is 10.6. The fraction of sp³-hybridized carbons (Fsp3) is 0.0385. The molecule has 0 aliphatic carbocycles. The normalized spacial score (nSPS) is 11.2. The van der Waals surface area contributed by atoms with Crippen LogP contribution >= 0.6 is 0 Å². The quantitative estimate of drug-likeness (QED) is 0.329. The summed E-state index contributed by atoms with van der Waals surface area (Å²) in [4.78, 5) is 25.2. The van der Waals surface area contributed by atoms with E-state index in [0.717, 1.165) is 27.2 Å². The van der Waals surface area contributed by atoms with E-state index >= 15 is 0 Å². The Labute approximate surface area is 194 Å². The van der Waals surface area contributed by atoms with Crippen LogP contribution in [0.25, 0.3) is 27.7 Å². The molecule has 0 saturated carbocycles. The number of para-hydroxylation sites is 1. The number of carbonyl (C=O) groups is 1. The number of hydrogen-bond donors (Lipinski definition) is 1. The molecule has 2 aromatic heterocycles. The zero-order chi connectivity index (χ0) is 23.5. The third-order valence-electron chi connectivity index (χ3n) is 5.35. The van der Waals surface area contributed by atoms with Gasteiger partial charge in [0.05, 0.1) is 17.3 Å². The molecular weight excluding hydrogens is 428 g/mol. The van der Waals surface area contributed by atoms with E-state index in [1.807, 2.05) is 66.9 Å². The first-order valence-electron chi connectivity index (χ1n) is 10.6. The van der Waals surface area contributed by atoms with Gasteiger partial charge in [-0.3, -0.25) is 9.59 Å². The van der Waals surface area contributed by atoms with E-state index in [-0.39, 0.29) is 11.3 Å². The van der Waals surface area contributed by atoms with Crippen LogP contribution in [0.4, 0.5) is 0 Å². The number of nitrogens with zero attached hydrogens (tertiary/aromatic N) is 5. The molecular formula is C26H20N6O2. The van der Waals surface area contributed by atoms with Gasteiger partial charge in [-0.05, 0) is 18.2 Å². The molecule has 5 aromatic rings. The van der Waals surface area contributed by atoms with Gasteiger partial charge in [0, 0.05) is 29.8 Å². The average Bonchev–Trinajstić information content (AvgIpc) is 3.31. The van der Waals surface area contributed by atoms with Crippen LogP contribution in [-0.4, -0.2) is 31.7 Å². The van der Waals surface area contributed by atoms with E-state index in [4.69, 9.17) is 5.10 Å². The van der Waals surface area contributed by atoms with Crippen LogP contribution in [0.5, 0.6) is 0 Å². The molecule has 34 heavy (non-hydrogen) atoms. The summed E-state index contributed by atoms with van der Waals surface area (Å²) in [7, 11) is 1.51. The minimum Gasteiger partial charge on any atom is -0.267 e. The molecule has 0 aliphatic heterocycles. The van der Waals surface area contributed by atoms with Crippen molar-refractivity contribution in [3.63, 3.8) is 0 Å². The summed E-state index contributed by atoms with van der Waals surface area (Å²) >= 11 is 0. The van der Waals surface area contributed by atoms with Crippen LogP contribution in [0.1, 0.15) is 16.1 Å². The number of rotatable bonds is 5. The van der Waals surface area contributed by atoms with Gasteiger partial charge in [-0.2, -0.15) is 15.3 Å². The van der Waals surface area contributed by atoms with Crippen LogP contribution in [-0.2, 0) is 7.05 Å². The largest absolute Gasteiger partial charge is 0.292 e. The molecule has 0 bridgehead atoms. The highest BCUT2D eigenvalue weighted by molar-refractivity contribution is 6.05. The minimum absolute atomic E-state index is 0.123. The van der Waals surface area contributed by atoms with Gasteiger partial charge < -0.3 is 0 Å². The van der Waals surface area contributed by atoms with Crippen molar-refractivity contribution in [1.29, 1.82) is 0 Å². The second-order valence-electron chi connectivity index (χ2n) is 7.60. The van der Waals surface area contributed by atoms with Crippen LogP contribution in [0.2, 0.25) is 0 Å². The third-order valence-corrected chi connectivity index (χ3v) is 5.35. The van der Waals surface area contributed by atoms with E-state index in [9.17, 15) is 9.59 Å². The Morgan fingerprint density at radius 3 is 2.26 bits per heavy atom. The summed E-state index contributed by atoms with van der Waals surface area (Å²) < 4.78 is 2.92. The predicted octanol–water partition coefficient (Wildman–Crippen LogP) is 3.55. The Kier molecular flexibility index (Phi) is 5.53. The van der Waals surface area contributed by atoms with Gasteiger partial charge in [0.1, 0.15) is 5.69 Å². The minimum atomic E-state index is -0.514. The molecule has 0 saturated heterocycles. The number of aromatic nitrogens is 4. The van der Waals surface area contributed by atoms with Crippen molar-refractivity contribution in [1.82, 2.24) is 25.0 Å². The number of hydrogen-bond acceptors (Lipinski definition) is 5. The molecule has 8 heteroatoms. The number of hydrazone groups is 1. The third kappa shape index (κ3) is 4.00. The smallest absolute Gasteiger partial charge is 0.267 e. The maximum absolute atomic E-state index is 12.9. The lowest BCUT2D eigenvalue weighted by Gasteiger charge is -2.06. The van der Waals surface area contributed by atoms with E-state index in [0.29, 0.717) is 10.8 Å². The van der Waals surface area contributed by atoms with Crippen LogP contribution in [0, 0.1) is 0 Å². The average molecular weight is 448 g/mol. The van der Waals surface area contributed by atoms with Gasteiger partial charge in [-0.1, -0.05) is 66.7 Å². The Hall–Kier alpha value is -4.85. The molecule has 0 fully saturated rings. The summed E-state index contributed by atoms with van der Waals surface area (Å²) in [6.07, 6.45) is 3.41. The Bertz CT molecular complexity index is 1570. The summed E-state index contributed by atoms with van der Waals surface area (Å²) in [5, 5.41) is 13.9. The first kappa shape index (κ1) is 21.0. The van der Waals surface area contributed by atoms with Crippen LogP contribution in [0.3, 0.4) is 0 Å². The molecule has 0 radical (unpaired) electrons. The number of fused-ring (bicyclic) bond motifs is 1. The van der Waals surface area contributed by atoms with E-state index in [2.05, 4.69) is 15.6 Å². The number of benzene rings is 3. The Balaban J connectivity index is 1.48. The maximum atomic E-state index is 12.9. The topological polar surface area (TPSA) is 94.2 Å². The lowest BCUT2D eigenvalue weighted by atomic mass is 10.1. The molecule has 1 N–H and O–H groups in total. The molecule has 0 aliphatic rings. The highest BCUT2D eigenvalue weighted by Gasteiger charge is 2.15. The molecule has 0 atom stereocenters. The molecule has 2 heterocycles. The highest BCUT2D eigenvalue weighted by Crippen LogP contribution is 2.22. The predicted molar refractivity (Wildman–Crippen MR) is 131 cm³/mol. The molecule has 1 amide bonds. The van der Waals surface area contributed by atoms with Gasteiger partial charge in [0.15, 0.2) is 5.69 Å². The first-order chi connectivity index (χ1) is 16.6. The molecule has 0 spiro atoms. The molecule has 8 nitrogen and oxygen atoms in total. The van der Waals surface area contributed by atoms with E-state index in [1.165, 1.54) is 7.05 Å². The van der Waals surface area contributed by atoms with Gasteiger partial charge in [-0.15, -0.1) is 0 Å². The van der Waals surface area contributed by atoms with Crippen molar-refractivity contribution >= 4 is 22.9 Å². The van der Waals surface area contributed by atoms with Crippen molar-refractivity contribution in [3.05, 3.63) is 113 Å².